The molecule has 1 atom stereocenters. The van der Waals surface area contributed by atoms with E-state index in [1.54, 1.807) is 51.5 Å². The largest absolute Gasteiger partial charge is 0.345 e. The van der Waals surface area contributed by atoms with E-state index in [0.717, 1.165) is 11.1 Å². The van der Waals surface area contributed by atoms with Crippen LogP contribution in [0.15, 0.2) is 97.2 Å². The zero-order chi connectivity index (χ0) is 26.4. The van der Waals surface area contributed by atoms with Crippen LogP contribution in [0.25, 0.3) is 0 Å². The Hall–Kier alpha value is -4.72. The molecule has 3 amide bonds. The van der Waals surface area contributed by atoms with E-state index in [9.17, 15) is 14.4 Å². The molecular formula is C29H29N5O3. The number of carbonyl (C=O) groups is 3. The lowest BCUT2D eigenvalue weighted by atomic mass is 9.84. The lowest BCUT2D eigenvalue weighted by Gasteiger charge is -2.28. The Kier molecular flexibility index (Phi) is 7.78. The molecule has 0 aliphatic rings. The van der Waals surface area contributed by atoms with Gasteiger partial charge in [-0.3, -0.25) is 19.1 Å². The summed E-state index contributed by atoms with van der Waals surface area (Å²) in [6.07, 6.45) is 1.53. The molecule has 0 bridgehead atoms. The molecule has 4 rings (SSSR count). The zero-order valence-corrected chi connectivity index (χ0v) is 21.0. The number of hydrogen-bond donors (Lipinski definition) is 2. The van der Waals surface area contributed by atoms with Crippen LogP contribution >= 0.6 is 0 Å². The number of nitrogens with one attached hydrogen (secondary N) is 2. The smallest absolute Gasteiger partial charge is 0.270 e. The van der Waals surface area contributed by atoms with Crippen molar-refractivity contribution in [2.24, 2.45) is 7.05 Å². The Morgan fingerprint density at radius 2 is 1.38 bits per heavy atom. The van der Waals surface area contributed by atoms with Gasteiger partial charge in [0.1, 0.15) is 11.7 Å². The van der Waals surface area contributed by atoms with E-state index in [2.05, 4.69) is 15.7 Å². The number of carbonyl (C=O) groups excluding carboxylic acids is 3. The number of anilines is 1. The van der Waals surface area contributed by atoms with Crippen LogP contribution in [0.5, 0.6) is 0 Å². The first-order valence-electron chi connectivity index (χ1n) is 11.9. The fraction of sp³-hybridized carbons (Fsp3) is 0.172. The summed E-state index contributed by atoms with van der Waals surface area (Å²) in [5.41, 5.74) is 3.12. The van der Waals surface area contributed by atoms with Crippen LogP contribution in [-0.4, -0.2) is 52.5 Å². The maximum absolute atomic E-state index is 13.8. The van der Waals surface area contributed by atoms with E-state index in [0.29, 0.717) is 16.9 Å². The predicted octanol–water partition coefficient (Wildman–Crippen LogP) is 3.69. The predicted molar refractivity (Wildman–Crippen MR) is 142 cm³/mol. The number of benzene rings is 3. The maximum Gasteiger partial charge on any atom is 0.270 e. The van der Waals surface area contributed by atoms with Gasteiger partial charge in [0.05, 0.1) is 0 Å². The fourth-order valence-corrected chi connectivity index (χ4v) is 4.18. The molecule has 0 saturated heterocycles. The van der Waals surface area contributed by atoms with Crippen LogP contribution in [0.4, 0.5) is 5.69 Å². The second-order valence-electron chi connectivity index (χ2n) is 8.86. The van der Waals surface area contributed by atoms with E-state index < -0.39 is 17.9 Å². The molecule has 1 aromatic heterocycles. The van der Waals surface area contributed by atoms with E-state index in [1.165, 1.54) is 15.8 Å². The van der Waals surface area contributed by atoms with Gasteiger partial charge in [-0.1, -0.05) is 60.7 Å². The average molecular weight is 496 g/mol. The number of hydrogen-bond acceptors (Lipinski definition) is 4. The van der Waals surface area contributed by atoms with Crippen LogP contribution in [0.3, 0.4) is 0 Å². The first-order chi connectivity index (χ1) is 17.8. The molecule has 0 spiro atoms. The average Bonchev–Trinajstić information content (AvgIpc) is 3.35. The van der Waals surface area contributed by atoms with Gasteiger partial charge in [0.15, 0.2) is 0 Å². The van der Waals surface area contributed by atoms with Gasteiger partial charge in [-0.05, 0) is 41.5 Å². The summed E-state index contributed by atoms with van der Waals surface area (Å²) >= 11 is 0. The highest BCUT2D eigenvalue weighted by Gasteiger charge is 2.33. The zero-order valence-electron chi connectivity index (χ0n) is 21.0. The number of amides is 3. The lowest BCUT2D eigenvalue weighted by molar-refractivity contribution is -0.118. The molecule has 0 fully saturated rings. The van der Waals surface area contributed by atoms with Crippen molar-refractivity contribution >= 4 is 23.4 Å². The molecule has 8 heteroatoms. The van der Waals surface area contributed by atoms with Gasteiger partial charge in [0, 0.05) is 44.5 Å². The third-order valence-electron chi connectivity index (χ3n) is 6.08. The summed E-state index contributed by atoms with van der Waals surface area (Å²) in [5.74, 6) is -1.40. The Morgan fingerprint density at radius 3 is 1.86 bits per heavy atom. The van der Waals surface area contributed by atoms with Gasteiger partial charge in [-0.25, -0.2) is 0 Å². The Balaban J connectivity index is 1.70. The van der Waals surface area contributed by atoms with Crippen molar-refractivity contribution in [2.45, 2.75) is 12.0 Å². The molecule has 0 aliphatic carbocycles. The highest BCUT2D eigenvalue weighted by molar-refractivity contribution is 6.02. The summed E-state index contributed by atoms with van der Waals surface area (Å²) in [4.78, 5) is 40.8. The van der Waals surface area contributed by atoms with Crippen LogP contribution in [-0.2, 0) is 11.8 Å². The molecule has 0 unspecified atom stereocenters. The summed E-state index contributed by atoms with van der Waals surface area (Å²) in [6.45, 7) is 0. The van der Waals surface area contributed by atoms with Gasteiger partial charge in [0.25, 0.3) is 11.8 Å². The Bertz CT molecular complexity index is 1330. The first-order valence-corrected chi connectivity index (χ1v) is 11.9. The molecule has 0 aliphatic heterocycles. The minimum absolute atomic E-state index is 0.132. The normalized spacial score (nSPS) is 11.6. The van der Waals surface area contributed by atoms with Crippen molar-refractivity contribution < 1.29 is 14.4 Å². The number of nitrogens with zero attached hydrogens (tertiary/aromatic N) is 3. The van der Waals surface area contributed by atoms with Gasteiger partial charge >= 0.3 is 0 Å². The maximum atomic E-state index is 13.8. The molecule has 0 radical (unpaired) electrons. The minimum atomic E-state index is -0.949. The molecule has 0 saturated carbocycles. The highest BCUT2D eigenvalue weighted by atomic mass is 16.2. The van der Waals surface area contributed by atoms with Crippen molar-refractivity contribution in [1.29, 1.82) is 0 Å². The van der Waals surface area contributed by atoms with E-state index in [4.69, 9.17) is 0 Å². The van der Waals surface area contributed by atoms with Crippen molar-refractivity contribution in [1.82, 2.24) is 20.0 Å². The third kappa shape index (κ3) is 5.92. The van der Waals surface area contributed by atoms with Gasteiger partial charge in [-0.2, -0.15) is 5.10 Å². The molecule has 2 N–H and O–H groups in total. The second-order valence-corrected chi connectivity index (χ2v) is 8.86. The third-order valence-corrected chi connectivity index (χ3v) is 6.08. The topological polar surface area (TPSA) is 96.3 Å². The minimum Gasteiger partial charge on any atom is -0.345 e. The molecule has 37 heavy (non-hydrogen) atoms. The van der Waals surface area contributed by atoms with Gasteiger partial charge < -0.3 is 15.5 Å². The molecule has 1 heterocycles. The summed E-state index contributed by atoms with van der Waals surface area (Å²) in [7, 11) is 5.04. The Morgan fingerprint density at radius 1 is 0.811 bits per heavy atom. The van der Waals surface area contributed by atoms with E-state index in [1.807, 2.05) is 60.7 Å². The van der Waals surface area contributed by atoms with Crippen LogP contribution in [0.1, 0.15) is 37.9 Å². The van der Waals surface area contributed by atoms with Crippen molar-refractivity contribution in [3.63, 3.8) is 0 Å². The van der Waals surface area contributed by atoms with Gasteiger partial charge in [0.2, 0.25) is 5.91 Å². The SMILES string of the molecule is CN(C)C(=O)c1ccc(NC(=O)[C@@H](NC(=O)c2ccnn2C)C(c2ccccc2)c2ccccc2)cc1. The van der Waals surface area contributed by atoms with Crippen molar-refractivity contribution in [2.75, 3.05) is 19.4 Å². The number of rotatable bonds is 8. The first kappa shape index (κ1) is 25.4. The number of aromatic nitrogens is 2. The van der Waals surface area contributed by atoms with Crippen LogP contribution in [0.2, 0.25) is 0 Å². The number of aryl methyl sites for hydroxylation is 1. The lowest BCUT2D eigenvalue weighted by Crippen LogP contribution is -2.48. The fourth-order valence-electron chi connectivity index (χ4n) is 4.18. The summed E-state index contributed by atoms with van der Waals surface area (Å²) < 4.78 is 1.46. The van der Waals surface area contributed by atoms with Gasteiger partial charge in [-0.15, -0.1) is 0 Å². The highest BCUT2D eigenvalue weighted by Crippen LogP contribution is 2.29. The van der Waals surface area contributed by atoms with E-state index >= 15 is 0 Å². The monoisotopic (exact) mass is 495 g/mol. The quantitative estimate of drug-likeness (QED) is 0.390. The Labute approximate surface area is 215 Å². The van der Waals surface area contributed by atoms with E-state index in [-0.39, 0.29) is 11.8 Å². The standard InChI is InChI=1S/C29H29N5O3/c1-33(2)29(37)22-14-16-23(17-15-22)31-28(36)26(32-27(35)24-18-19-30-34(24)3)25(20-10-6-4-7-11-20)21-12-8-5-9-13-21/h4-19,25-26H,1-3H3,(H,31,36)(H,32,35)/t26-/m0/s1. The van der Waals surface area contributed by atoms with Crippen molar-refractivity contribution in [3.8, 4) is 0 Å². The molecular weight excluding hydrogens is 466 g/mol. The molecule has 3 aromatic carbocycles. The summed E-state index contributed by atoms with van der Waals surface area (Å²) in [6, 6.07) is 26.5. The van der Waals surface area contributed by atoms with Crippen LogP contribution in [0, 0.1) is 0 Å². The summed E-state index contributed by atoms with van der Waals surface area (Å²) in [5, 5.41) is 9.95. The van der Waals surface area contributed by atoms with Crippen molar-refractivity contribution in [3.05, 3.63) is 120 Å². The molecule has 188 valence electrons. The van der Waals surface area contributed by atoms with Crippen LogP contribution < -0.4 is 10.6 Å². The molecule has 8 nitrogen and oxygen atoms in total. The second kappa shape index (κ2) is 11.3. The molecule has 4 aromatic rings.